The summed E-state index contributed by atoms with van der Waals surface area (Å²) < 4.78 is 11.5. The van der Waals surface area contributed by atoms with E-state index in [1.165, 1.54) is 0 Å². The van der Waals surface area contributed by atoms with Crippen molar-refractivity contribution in [3.8, 4) is 11.5 Å². The highest BCUT2D eigenvalue weighted by atomic mass is 32.2. The van der Waals surface area contributed by atoms with Gasteiger partial charge in [-0.05, 0) is 29.7 Å². The number of rotatable bonds is 1. The monoisotopic (exact) mass is 292 g/mol. The van der Waals surface area contributed by atoms with Gasteiger partial charge >= 0.3 is 0 Å². The molecule has 1 saturated heterocycles. The van der Waals surface area contributed by atoms with Crippen LogP contribution < -0.4 is 9.47 Å². The van der Waals surface area contributed by atoms with Crippen LogP contribution in [0, 0.1) is 5.41 Å². The summed E-state index contributed by atoms with van der Waals surface area (Å²) in [6, 6.07) is 5.46. The number of hydrogen-bond donors (Lipinski definition) is 0. The second kappa shape index (κ2) is 4.69. The predicted octanol–water partition coefficient (Wildman–Crippen LogP) is 3.56. The Morgan fingerprint density at radius 1 is 1.30 bits per heavy atom. The molecule has 1 spiro atoms. The lowest BCUT2D eigenvalue weighted by Crippen LogP contribution is -2.50. The highest BCUT2D eigenvalue weighted by Crippen LogP contribution is 2.47. The normalized spacial score (nSPS) is 27.9. The van der Waals surface area contributed by atoms with Crippen molar-refractivity contribution in [3.63, 3.8) is 0 Å². The Morgan fingerprint density at radius 2 is 2.10 bits per heavy atom. The number of carbonyl (C=O) groups is 1. The van der Waals surface area contributed by atoms with Crippen LogP contribution in [0.25, 0.3) is 0 Å². The summed E-state index contributed by atoms with van der Waals surface area (Å²) in [6.07, 6.45) is 1.41. The minimum absolute atomic E-state index is 0.187. The maximum Gasteiger partial charge on any atom is 0.170 e. The Kier molecular flexibility index (Phi) is 3.24. The largest absolute Gasteiger partial charge is 0.497 e. The molecule has 0 radical (unpaired) electrons. The average Bonchev–Trinajstić information content (AvgIpc) is 2.36. The van der Waals surface area contributed by atoms with E-state index < -0.39 is 0 Å². The molecule has 1 unspecified atom stereocenters. The number of fused-ring (bicyclic) bond motifs is 1. The summed E-state index contributed by atoms with van der Waals surface area (Å²) >= 11 is 1.89. The van der Waals surface area contributed by atoms with Gasteiger partial charge in [0.05, 0.1) is 19.1 Å². The van der Waals surface area contributed by atoms with Gasteiger partial charge in [0.15, 0.2) is 5.78 Å². The standard InChI is InChI=1S/C16H20O3S/c1-15(2)8-16(10-20-9-15)7-13(17)12-5-4-11(18-3)6-14(12)19-16/h4-6H,7-10H2,1-3H3. The second-order valence-corrected chi connectivity index (χ2v) is 7.57. The van der Waals surface area contributed by atoms with Crippen LogP contribution in [-0.4, -0.2) is 30.0 Å². The van der Waals surface area contributed by atoms with Gasteiger partial charge in [0, 0.05) is 11.8 Å². The number of carbonyl (C=O) groups excluding carboxylic acids is 1. The highest BCUT2D eigenvalue weighted by Gasteiger charge is 2.47. The van der Waals surface area contributed by atoms with E-state index in [0.717, 1.165) is 23.7 Å². The molecule has 0 aliphatic carbocycles. The van der Waals surface area contributed by atoms with E-state index in [9.17, 15) is 4.79 Å². The molecule has 3 rings (SSSR count). The van der Waals surface area contributed by atoms with E-state index in [-0.39, 0.29) is 16.8 Å². The van der Waals surface area contributed by atoms with Crippen molar-refractivity contribution in [1.29, 1.82) is 0 Å². The molecular weight excluding hydrogens is 272 g/mol. The fourth-order valence-corrected chi connectivity index (χ4v) is 4.66. The second-order valence-electron chi connectivity index (χ2n) is 6.58. The quantitative estimate of drug-likeness (QED) is 0.793. The first-order valence-electron chi connectivity index (χ1n) is 6.91. The first-order valence-corrected chi connectivity index (χ1v) is 8.07. The summed E-state index contributed by atoms with van der Waals surface area (Å²) in [5, 5.41) is 0. The zero-order valence-corrected chi connectivity index (χ0v) is 13.0. The molecule has 2 aliphatic heterocycles. The van der Waals surface area contributed by atoms with E-state index in [2.05, 4.69) is 13.8 Å². The van der Waals surface area contributed by atoms with Crippen molar-refractivity contribution in [2.75, 3.05) is 18.6 Å². The number of hydrogen-bond acceptors (Lipinski definition) is 4. The SMILES string of the molecule is COc1ccc2c(c1)OC1(CSCC(C)(C)C1)CC2=O. The van der Waals surface area contributed by atoms with Crippen molar-refractivity contribution >= 4 is 17.5 Å². The summed E-state index contributed by atoms with van der Waals surface area (Å²) in [7, 11) is 1.63. The third-order valence-corrected chi connectivity index (χ3v) is 5.67. The summed E-state index contributed by atoms with van der Waals surface area (Å²) in [4.78, 5) is 12.4. The topological polar surface area (TPSA) is 35.5 Å². The molecule has 3 nitrogen and oxygen atoms in total. The van der Waals surface area contributed by atoms with Crippen LogP contribution >= 0.6 is 11.8 Å². The first-order chi connectivity index (χ1) is 9.43. The van der Waals surface area contributed by atoms with Crippen molar-refractivity contribution in [2.24, 2.45) is 5.41 Å². The molecule has 0 N–H and O–H groups in total. The molecule has 0 aromatic heterocycles. The van der Waals surface area contributed by atoms with Crippen LogP contribution in [0.1, 0.15) is 37.0 Å². The zero-order valence-electron chi connectivity index (χ0n) is 12.2. The molecular formula is C16H20O3S. The fourth-order valence-electron chi connectivity index (χ4n) is 3.27. The third-order valence-electron chi connectivity index (χ3n) is 3.96. The molecule has 108 valence electrons. The van der Waals surface area contributed by atoms with Crippen molar-refractivity contribution in [3.05, 3.63) is 23.8 Å². The lowest BCUT2D eigenvalue weighted by molar-refractivity contribution is 0.0255. The van der Waals surface area contributed by atoms with Gasteiger partial charge in [-0.15, -0.1) is 0 Å². The van der Waals surface area contributed by atoms with Crippen LogP contribution in [-0.2, 0) is 0 Å². The number of methoxy groups -OCH3 is 1. The molecule has 2 aliphatic rings. The molecule has 0 saturated carbocycles. The van der Waals surface area contributed by atoms with Gasteiger partial charge in [0.2, 0.25) is 0 Å². The number of thioether (sulfide) groups is 1. The first kappa shape index (κ1) is 13.8. The van der Waals surface area contributed by atoms with E-state index in [1.807, 2.05) is 30.0 Å². The van der Waals surface area contributed by atoms with Gasteiger partial charge in [-0.1, -0.05) is 13.8 Å². The smallest absolute Gasteiger partial charge is 0.170 e. The van der Waals surface area contributed by atoms with Crippen LogP contribution in [0.4, 0.5) is 0 Å². The minimum atomic E-state index is -0.344. The molecule has 1 aromatic carbocycles. The number of Topliss-reactive ketones (excluding diaryl/α,β-unsaturated/α-hetero) is 1. The molecule has 1 atom stereocenters. The summed E-state index contributed by atoms with van der Waals surface area (Å²) in [6.45, 7) is 4.49. The Balaban J connectivity index is 1.96. The Morgan fingerprint density at radius 3 is 2.80 bits per heavy atom. The van der Waals surface area contributed by atoms with Crippen LogP contribution in [0.2, 0.25) is 0 Å². The van der Waals surface area contributed by atoms with Crippen LogP contribution in [0.15, 0.2) is 18.2 Å². The maximum absolute atomic E-state index is 12.4. The number of ketones is 1. The van der Waals surface area contributed by atoms with Crippen LogP contribution in [0.5, 0.6) is 11.5 Å². The van der Waals surface area contributed by atoms with Crippen molar-refractivity contribution in [2.45, 2.75) is 32.3 Å². The van der Waals surface area contributed by atoms with Gasteiger partial charge in [0.25, 0.3) is 0 Å². The molecule has 2 heterocycles. The van der Waals surface area contributed by atoms with Gasteiger partial charge < -0.3 is 9.47 Å². The van der Waals surface area contributed by atoms with Crippen LogP contribution in [0.3, 0.4) is 0 Å². The average molecular weight is 292 g/mol. The minimum Gasteiger partial charge on any atom is -0.497 e. The van der Waals surface area contributed by atoms with E-state index in [0.29, 0.717) is 17.7 Å². The maximum atomic E-state index is 12.4. The molecule has 20 heavy (non-hydrogen) atoms. The lowest BCUT2D eigenvalue weighted by atomic mass is 9.77. The number of benzene rings is 1. The third kappa shape index (κ3) is 2.41. The van der Waals surface area contributed by atoms with Gasteiger partial charge in [0.1, 0.15) is 17.1 Å². The molecule has 0 amide bonds. The van der Waals surface area contributed by atoms with Crippen molar-refractivity contribution in [1.82, 2.24) is 0 Å². The van der Waals surface area contributed by atoms with E-state index in [4.69, 9.17) is 9.47 Å². The van der Waals surface area contributed by atoms with E-state index in [1.54, 1.807) is 7.11 Å². The predicted molar refractivity (Wildman–Crippen MR) is 81.0 cm³/mol. The Labute approximate surface area is 124 Å². The highest BCUT2D eigenvalue weighted by molar-refractivity contribution is 7.99. The Bertz CT molecular complexity index is 553. The van der Waals surface area contributed by atoms with Gasteiger partial charge in [-0.25, -0.2) is 0 Å². The number of ether oxygens (including phenoxy) is 2. The summed E-state index contributed by atoms with van der Waals surface area (Å²) in [5.74, 6) is 3.61. The zero-order chi connectivity index (χ0) is 14.4. The van der Waals surface area contributed by atoms with Crippen molar-refractivity contribution < 1.29 is 14.3 Å². The van der Waals surface area contributed by atoms with Gasteiger partial charge in [-0.2, -0.15) is 11.8 Å². The molecule has 1 aromatic rings. The van der Waals surface area contributed by atoms with Gasteiger partial charge in [-0.3, -0.25) is 4.79 Å². The fraction of sp³-hybridized carbons (Fsp3) is 0.562. The summed E-state index contributed by atoms with van der Waals surface area (Å²) in [5.41, 5.74) is 0.549. The molecule has 1 fully saturated rings. The van der Waals surface area contributed by atoms with E-state index >= 15 is 0 Å². The Hall–Kier alpha value is -1.16. The lowest BCUT2D eigenvalue weighted by Gasteiger charge is -2.46. The molecule has 0 bridgehead atoms. The molecule has 4 heteroatoms.